The number of nitrogens with one attached hydrogen (secondary N) is 1. The van der Waals surface area contributed by atoms with Gasteiger partial charge in [0.2, 0.25) is 5.91 Å². The van der Waals surface area contributed by atoms with Crippen molar-refractivity contribution in [3.8, 4) is 16.9 Å². The molecule has 0 unspecified atom stereocenters. The first-order valence-electron chi connectivity index (χ1n) is 10.0. The van der Waals surface area contributed by atoms with Gasteiger partial charge in [0.05, 0.1) is 13.0 Å². The van der Waals surface area contributed by atoms with E-state index in [1.54, 1.807) is 31.2 Å². The summed E-state index contributed by atoms with van der Waals surface area (Å²) >= 11 is 0. The van der Waals surface area contributed by atoms with Crippen LogP contribution in [0.3, 0.4) is 0 Å². The largest absolute Gasteiger partial charge is 0.482 e. The number of hydrogen-bond donors (Lipinski definition) is 1. The number of esters is 1. The lowest BCUT2D eigenvalue weighted by atomic mass is 10.0. The second kappa shape index (κ2) is 10.9. The van der Waals surface area contributed by atoms with Gasteiger partial charge in [-0.25, -0.2) is 9.18 Å². The van der Waals surface area contributed by atoms with E-state index in [0.717, 1.165) is 16.7 Å². The molecular formula is C25H24FNO4. The van der Waals surface area contributed by atoms with Crippen molar-refractivity contribution < 1.29 is 23.5 Å². The lowest BCUT2D eigenvalue weighted by Crippen LogP contribution is -2.24. The molecule has 0 atom stereocenters. The van der Waals surface area contributed by atoms with E-state index in [2.05, 4.69) is 5.32 Å². The zero-order chi connectivity index (χ0) is 22.1. The standard InChI is InChI=1S/C25H24FNO4/c1-2-30-25(29)17-31-23-12-10-21(11-13-23)20-8-6-18(7-9-20)16-27-24(28)15-19-4-3-5-22(26)14-19/h3-14H,2,15-17H2,1H3,(H,27,28). The Hall–Kier alpha value is -3.67. The van der Waals surface area contributed by atoms with Crippen molar-refractivity contribution in [3.63, 3.8) is 0 Å². The van der Waals surface area contributed by atoms with Crippen molar-refractivity contribution in [2.45, 2.75) is 19.9 Å². The van der Waals surface area contributed by atoms with Gasteiger partial charge in [0.25, 0.3) is 0 Å². The predicted octanol–water partition coefficient (Wildman–Crippen LogP) is 4.29. The van der Waals surface area contributed by atoms with E-state index in [-0.39, 0.29) is 24.8 Å². The summed E-state index contributed by atoms with van der Waals surface area (Å²) in [6.45, 7) is 2.36. The average molecular weight is 421 g/mol. The lowest BCUT2D eigenvalue weighted by molar-refractivity contribution is -0.145. The van der Waals surface area contributed by atoms with Gasteiger partial charge >= 0.3 is 5.97 Å². The van der Waals surface area contributed by atoms with Gasteiger partial charge in [0.15, 0.2) is 6.61 Å². The van der Waals surface area contributed by atoms with Crippen LogP contribution in [0, 0.1) is 5.82 Å². The number of rotatable bonds is 9. The quantitative estimate of drug-likeness (QED) is 0.524. The van der Waals surface area contributed by atoms with Gasteiger partial charge in [-0.2, -0.15) is 0 Å². The zero-order valence-corrected chi connectivity index (χ0v) is 17.3. The monoisotopic (exact) mass is 421 g/mol. The number of ether oxygens (including phenoxy) is 2. The lowest BCUT2D eigenvalue weighted by Gasteiger charge is -2.09. The summed E-state index contributed by atoms with van der Waals surface area (Å²) in [5, 5.41) is 2.85. The Morgan fingerprint density at radius 2 is 1.58 bits per heavy atom. The van der Waals surface area contributed by atoms with E-state index in [1.807, 2.05) is 36.4 Å². The van der Waals surface area contributed by atoms with Gasteiger partial charge in [-0.3, -0.25) is 4.79 Å². The molecule has 0 aliphatic rings. The van der Waals surface area contributed by atoms with E-state index in [9.17, 15) is 14.0 Å². The Balaban J connectivity index is 1.50. The number of carbonyl (C=O) groups is 2. The molecule has 160 valence electrons. The fraction of sp³-hybridized carbons (Fsp3) is 0.200. The van der Waals surface area contributed by atoms with Crippen LogP contribution in [-0.2, 0) is 27.3 Å². The molecule has 0 saturated heterocycles. The summed E-state index contributed by atoms with van der Waals surface area (Å²) in [5.41, 5.74) is 3.63. The smallest absolute Gasteiger partial charge is 0.344 e. The fourth-order valence-corrected chi connectivity index (χ4v) is 3.00. The number of carbonyl (C=O) groups excluding carboxylic acids is 2. The molecule has 6 heteroatoms. The molecule has 0 saturated carbocycles. The first kappa shape index (κ1) is 22.0. The van der Waals surface area contributed by atoms with Gasteiger partial charge in [0.1, 0.15) is 11.6 Å². The Morgan fingerprint density at radius 1 is 0.903 bits per heavy atom. The van der Waals surface area contributed by atoms with Crippen LogP contribution in [-0.4, -0.2) is 25.1 Å². The number of amides is 1. The minimum Gasteiger partial charge on any atom is -0.482 e. The summed E-state index contributed by atoms with van der Waals surface area (Å²) in [6.07, 6.45) is 0.139. The summed E-state index contributed by atoms with van der Waals surface area (Å²) in [4.78, 5) is 23.4. The normalized spacial score (nSPS) is 10.4. The van der Waals surface area contributed by atoms with Crippen molar-refractivity contribution in [1.82, 2.24) is 5.32 Å². The maximum Gasteiger partial charge on any atom is 0.344 e. The third kappa shape index (κ3) is 6.96. The minimum atomic E-state index is -0.398. The second-order valence-corrected chi connectivity index (χ2v) is 6.90. The topological polar surface area (TPSA) is 64.6 Å². The third-order valence-electron chi connectivity index (χ3n) is 4.55. The van der Waals surface area contributed by atoms with Crippen molar-refractivity contribution in [2.24, 2.45) is 0 Å². The van der Waals surface area contributed by atoms with E-state index in [0.29, 0.717) is 24.5 Å². The van der Waals surface area contributed by atoms with Gasteiger partial charge < -0.3 is 14.8 Å². The van der Waals surface area contributed by atoms with Crippen molar-refractivity contribution >= 4 is 11.9 Å². The van der Waals surface area contributed by atoms with Crippen LogP contribution in [0.15, 0.2) is 72.8 Å². The van der Waals surface area contributed by atoms with Crippen LogP contribution < -0.4 is 10.1 Å². The fourth-order valence-electron chi connectivity index (χ4n) is 3.00. The Bertz CT molecular complexity index is 1020. The molecule has 0 fully saturated rings. The van der Waals surface area contributed by atoms with Crippen LogP contribution >= 0.6 is 0 Å². The predicted molar refractivity (Wildman–Crippen MR) is 116 cm³/mol. The number of hydrogen-bond acceptors (Lipinski definition) is 4. The molecule has 3 aromatic carbocycles. The minimum absolute atomic E-state index is 0.118. The van der Waals surface area contributed by atoms with E-state index in [1.165, 1.54) is 12.1 Å². The Labute approximate surface area is 180 Å². The van der Waals surface area contributed by atoms with Crippen LogP contribution in [0.1, 0.15) is 18.1 Å². The molecule has 31 heavy (non-hydrogen) atoms. The van der Waals surface area contributed by atoms with Gasteiger partial charge in [0, 0.05) is 6.54 Å². The molecular weight excluding hydrogens is 397 g/mol. The second-order valence-electron chi connectivity index (χ2n) is 6.90. The van der Waals surface area contributed by atoms with Crippen LogP contribution in [0.2, 0.25) is 0 Å². The highest BCUT2D eigenvalue weighted by Gasteiger charge is 2.06. The molecule has 0 spiro atoms. The van der Waals surface area contributed by atoms with E-state index < -0.39 is 5.97 Å². The maximum atomic E-state index is 13.2. The summed E-state index contributed by atoms with van der Waals surface area (Å²) in [6, 6.07) is 21.3. The highest BCUT2D eigenvalue weighted by atomic mass is 19.1. The number of halogens is 1. The molecule has 1 N–H and O–H groups in total. The summed E-state index contributed by atoms with van der Waals surface area (Å²) in [5.74, 6) is -0.313. The van der Waals surface area contributed by atoms with Gasteiger partial charge in [-0.05, 0) is 53.4 Å². The molecule has 0 radical (unpaired) electrons. The van der Waals surface area contributed by atoms with Gasteiger partial charge in [-0.1, -0.05) is 48.5 Å². The van der Waals surface area contributed by atoms with E-state index >= 15 is 0 Å². The first-order chi connectivity index (χ1) is 15.0. The first-order valence-corrected chi connectivity index (χ1v) is 10.0. The SMILES string of the molecule is CCOC(=O)COc1ccc(-c2ccc(CNC(=O)Cc3cccc(F)c3)cc2)cc1. The molecule has 0 aliphatic carbocycles. The molecule has 0 aromatic heterocycles. The third-order valence-corrected chi connectivity index (χ3v) is 4.55. The van der Waals surface area contributed by atoms with Crippen molar-refractivity contribution in [1.29, 1.82) is 0 Å². The summed E-state index contributed by atoms with van der Waals surface area (Å²) in [7, 11) is 0. The molecule has 1 amide bonds. The van der Waals surface area contributed by atoms with Crippen LogP contribution in [0.4, 0.5) is 4.39 Å². The maximum absolute atomic E-state index is 13.2. The van der Waals surface area contributed by atoms with Crippen LogP contribution in [0.5, 0.6) is 5.75 Å². The molecule has 3 rings (SSSR count). The Kier molecular flexibility index (Phi) is 7.76. The molecule has 3 aromatic rings. The zero-order valence-electron chi connectivity index (χ0n) is 17.3. The average Bonchev–Trinajstić information content (AvgIpc) is 2.77. The summed E-state index contributed by atoms with van der Waals surface area (Å²) < 4.78 is 23.4. The number of benzene rings is 3. The molecule has 0 bridgehead atoms. The van der Waals surface area contributed by atoms with Crippen molar-refractivity contribution in [2.75, 3.05) is 13.2 Å². The van der Waals surface area contributed by atoms with Crippen molar-refractivity contribution in [3.05, 3.63) is 89.7 Å². The molecule has 5 nitrogen and oxygen atoms in total. The van der Waals surface area contributed by atoms with E-state index in [4.69, 9.17) is 9.47 Å². The highest BCUT2D eigenvalue weighted by Crippen LogP contribution is 2.23. The Morgan fingerprint density at radius 3 is 2.23 bits per heavy atom. The van der Waals surface area contributed by atoms with Crippen LogP contribution in [0.25, 0.3) is 11.1 Å². The highest BCUT2D eigenvalue weighted by molar-refractivity contribution is 5.78. The molecule has 0 heterocycles. The molecule has 0 aliphatic heterocycles. The van der Waals surface area contributed by atoms with Gasteiger partial charge in [-0.15, -0.1) is 0 Å².